The van der Waals surface area contributed by atoms with Crippen LogP contribution >= 0.6 is 11.6 Å². The molecule has 0 aliphatic heterocycles. The molecule has 0 aliphatic carbocycles. The highest BCUT2D eigenvalue weighted by Crippen LogP contribution is 2.22. The third kappa shape index (κ3) is 4.39. The smallest absolute Gasteiger partial charge is 0.344 e. The van der Waals surface area contributed by atoms with E-state index >= 15 is 0 Å². The van der Waals surface area contributed by atoms with Crippen molar-refractivity contribution in [2.24, 2.45) is 0 Å². The second-order valence-corrected chi connectivity index (χ2v) is 5.92. The van der Waals surface area contributed by atoms with E-state index in [-0.39, 0.29) is 13.2 Å². The number of aryl methyl sites for hydroxylation is 1. The van der Waals surface area contributed by atoms with E-state index in [1.165, 1.54) is 6.07 Å². The van der Waals surface area contributed by atoms with Gasteiger partial charge in [-0.2, -0.15) is 0 Å². The molecule has 0 aliphatic rings. The molecule has 1 aromatic heterocycles. The quantitative estimate of drug-likeness (QED) is 0.511. The lowest BCUT2D eigenvalue weighted by atomic mass is 10.1. The third-order valence-corrected chi connectivity index (χ3v) is 3.84. The van der Waals surface area contributed by atoms with Gasteiger partial charge in [-0.15, -0.1) is 0 Å². The first-order chi connectivity index (χ1) is 12.0. The van der Waals surface area contributed by atoms with Gasteiger partial charge in [0.15, 0.2) is 6.61 Å². The fraction of sp³-hybridized carbons (Fsp3) is 0.158. The highest BCUT2D eigenvalue weighted by atomic mass is 35.5. The molecule has 0 bridgehead atoms. The third-order valence-electron chi connectivity index (χ3n) is 3.59. The minimum atomic E-state index is -0.499. The summed E-state index contributed by atoms with van der Waals surface area (Å²) in [7, 11) is 0. The summed E-state index contributed by atoms with van der Waals surface area (Å²) >= 11 is 5.80. The number of halogens is 1. The number of fused-ring (bicyclic) bond motifs is 1. The summed E-state index contributed by atoms with van der Waals surface area (Å²) in [5, 5.41) is 1.44. The Morgan fingerprint density at radius 1 is 1.12 bits per heavy atom. The van der Waals surface area contributed by atoms with Crippen LogP contribution in [0.4, 0.5) is 0 Å². The number of carbonyl (C=O) groups is 1. The van der Waals surface area contributed by atoms with Crippen LogP contribution in [0.2, 0.25) is 5.02 Å². The monoisotopic (exact) mass is 358 g/mol. The maximum Gasteiger partial charge on any atom is 0.344 e. The largest absolute Gasteiger partial charge is 0.482 e. The van der Waals surface area contributed by atoms with Gasteiger partial charge in [-0.05, 0) is 42.3 Å². The van der Waals surface area contributed by atoms with Crippen LogP contribution in [0.1, 0.15) is 11.1 Å². The molecule has 0 atom stereocenters. The average Bonchev–Trinajstić information content (AvgIpc) is 2.59. The molecule has 0 N–H and O–H groups in total. The second kappa shape index (κ2) is 7.40. The summed E-state index contributed by atoms with van der Waals surface area (Å²) in [6.45, 7) is 1.73. The number of hydrogen-bond acceptors (Lipinski definition) is 5. The first-order valence-electron chi connectivity index (χ1n) is 7.58. The molecule has 6 heteroatoms. The van der Waals surface area contributed by atoms with Gasteiger partial charge in [0.05, 0.1) is 0 Å². The van der Waals surface area contributed by atoms with Crippen molar-refractivity contribution in [3.8, 4) is 5.75 Å². The summed E-state index contributed by atoms with van der Waals surface area (Å²) in [5.41, 5.74) is 1.64. The van der Waals surface area contributed by atoms with Gasteiger partial charge in [-0.1, -0.05) is 23.7 Å². The van der Waals surface area contributed by atoms with Crippen molar-refractivity contribution in [3.63, 3.8) is 0 Å². The molecule has 2 aromatic carbocycles. The zero-order chi connectivity index (χ0) is 17.8. The van der Waals surface area contributed by atoms with E-state index in [2.05, 4.69) is 0 Å². The molecule has 25 heavy (non-hydrogen) atoms. The highest BCUT2D eigenvalue weighted by Gasteiger charge is 2.08. The van der Waals surface area contributed by atoms with Crippen molar-refractivity contribution < 1.29 is 18.7 Å². The van der Waals surface area contributed by atoms with Crippen molar-refractivity contribution in [1.29, 1.82) is 0 Å². The fourth-order valence-corrected chi connectivity index (χ4v) is 2.45. The zero-order valence-corrected chi connectivity index (χ0v) is 14.2. The molecule has 3 aromatic rings. The maximum atomic E-state index is 11.8. The lowest BCUT2D eigenvalue weighted by molar-refractivity contribution is -0.147. The molecule has 1 heterocycles. The number of hydrogen-bond donors (Lipinski definition) is 0. The number of rotatable bonds is 5. The van der Waals surface area contributed by atoms with Crippen molar-refractivity contribution >= 4 is 28.5 Å². The molecular weight excluding hydrogens is 344 g/mol. The number of carbonyl (C=O) groups excluding carboxylic acids is 1. The Kier molecular flexibility index (Phi) is 5.05. The molecule has 0 saturated heterocycles. The van der Waals surface area contributed by atoms with E-state index in [1.807, 2.05) is 6.92 Å². The molecule has 0 saturated carbocycles. The molecule has 5 nitrogen and oxygen atoms in total. The van der Waals surface area contributed by atoms with E-state index < -0.39 is 11.6 Å². The minimum Gasteiger partial charge on any atom is -0.482 e. The Hall–Kier alpha value is -2.79. The average molecular weight is 359 g/mol. The van der Waals surface area contributed by atoms with E-state index in [0.717, 1.165) is 16.5 Å². The Balaban J connectivity index is 1.59. The molecule has 3 rings (SSSR count). The van der Waals surface area contributed by atoms with Crippen LogP contribution in [-0.2, 0) is 16.1 Å². The Morgan fingerprint density at radius 3 is 2.64 bits per heavy atom. The van der Waals surface area contributed by atoms with Crippen LogP contribution < -0.4 is 10.4 Å². The summed E-state index contributed by atoms with van der Waals surface area (Å²) in [6, 6.07) is 13.5. The molecule has 0 fully saturated rings. The zero-order valence-electron chi connectivity index (χ0n) is 13.5. The van der Waals surface area contributed by atoms with Gasteiger partial charge in [0.1, 0.15) is 17.9 Å². The second-order valence-electron chi connectivity index (χ2n) is 5.48. The van der Waals surface area contributed by atoms with Crippen LogP contribution in [0.5, 0.6) is 5.75 Å². The Morgan fingerprint density at radius 2 is 1.88 bits per heavy atom. The van der Waals surface area contributed by atoms with Crippen LogP contribution in [0.15, 0.2) is 57.7 Å². The van der Waals surface area contributed by atoms with Crippen LogP contribution in [0, 0.1) is 6.92 Å². The van der Waals surface area contributed by atoms with Gasteiger partial charge in [0.25, 0.3) is 0 Å². The fourth-order valence-electron chi connectivity index (χ4n) is 2.32. The standard InChI is InChI=1S/C19H15ClO5/c1-12-8-18(21)25-17-9-15(6-7-16(12)17)23-11-19(22)24-10-13-2-4-14(20)5-3-13/h2-9H,10-11H2,1H3. The SMILES string of the molecule is Cc1cc(=O)oc2cc(OCC(=O)OCc3ccc(Cl)cc3)ccc12. The number of benzene rings is 2. The predicted octanol–water partition coefficient (Wildman–Crippen LogP) is 3.88. The first kappa shape index (κ1) is 17.0. The lowest BCUT2D eigenvalue weighted by Crippen LogP contribution is -2.14. The van der Waals surface area contributed by atoms with Crippen LogP contribution in [-0.4, -0.2) is 12.6 Å². The van der Waals surface area contributed by atoms with Crippen molar-refractivity contribution in [2.45, 2.75) is 13.5 Å². The molecular formula is C19H15ClO5. The Bertz CT molecular complexity index is 960. The summed E-state index contributed by atoms with van der Waals surface area (Å²) in [4.78, 5) is 23.2. The van der Waals surface area contributed by atoms with Crippen LogP contribution in [0.3, 0.4) is 0 Å². The van der Waals surface area contributed by atoms with Gasteiger partial charge < -0.3 is 13.9 Å². The first-order valence-corrected chi connectivity index (χ1v) is 7.96. The number of ether oxygens (including phenoxy) is 2. The van der Waals surface area contributed by atoms with E-state index in [1.54, 1.807) is 42.5 Å². The molecule has 0 unspecified atom stereocenters. The molecule has 0 spiro atoms. The van der Waals surface area contributed by atoms with Gasteiger partial charge >= 0.3 is 11.6 Å². The maximum absolute atomic E-state index is 11.8. The van der Waals surface area contributed by atoms with Gasteiger partial charge in [0, 0.05) is 22.5 Å². The number of esters is 1. The van der Waals surface area contributed by atoms with Gasteiger partial charge in [-0.3, -0.25) is 0 Å². The van der Waals surface area contributed by atoms with E-state index in [9.17, 15) is 9.59 Å². The summed E-state index contributed by atoms with van der Waals surface area (Å²) in [6.07, 6.45) is 0. The lowest BCUT2D eigenvalue weighted by Gasteiger charge is -2.08. The Labute approximate surface area is 148 Å². The molecule has 128 valence electrons. The predicted molar refractivity (Wildman–Crippen MR) is 94.0 cm³/mol. The van der Waals surface area contributed by atoms with Gasteiger partial charge in [0.2, 0.25) is 0 Å². The van der Waals surface area contributed by atoms with E-state index in [0.29, 0.717) is 16.4 Å². The van der Waals surface area contributed by atoms with Crippen molar-refractivity contribution in [2.75, 3.05) is 6.61 Å². The molecule has 0 radical (unpaired) electrons. The van der Waals surface area contributed by atoms with Crippen molar-refractivity contribution in [3.05, 3.63) is 75.1 Å². The van der Waals surface area contributed by atoms with Gasteiger partial charge in [-0.25, -0.2) is 9.59 Å². The highest BCUT2D eigenvalue weighted by molar-refractivity contribution is 6.30. The summed E-state index contributed by atoms with van der Waals surface area (Å²) in [5.74, 6) is -0.0783. The topological polar surface area (TPSA) is 65.7 Å². The van der Waals surface area contributed by atoms with Crippen molar-refractivity contribution in [1.82, 2.24) is 0 Å². The van der Waals surface area contributed by atoms with E-state index in [4.69, 9.17) is 25.5 Å². The summed E-state index contributed by atoms with van der Waals surface area (Å²) < 4.78 is 15.7. The molecule has 0 amide bonds. The normalized spacial score (nSPS) is 10.6. The van der Waals surface area contributed by atoms with Crippen LogP contribution in [0.25, 0.3) is 11.0 Å². The minimum absolute atomic E-state index is 0.144.